The minimum Gasteiger partial charge on any atom is -0.354 e. The molecule has 6 heteroatoms. The second-order valence-electron chi connectivity index (χ2n) is 3.65. The van der Waals surface area contributed by atoms with E-state index in [2.05, 4.69) is 10.6 Å². The maximum Gasteiger partial charge on any atom is 0.279 e. The lowest BCUT2D eigenvalue weighted by Gasteiger charge is -2.05. The monoisotopic (exact) mass is 268 g/mol. The SMILES string of the molecule is CNC(=O)C[NH2+]CC(=O)Nc1cccc(SC)c1. The quantitative estimate of drug-likeness (QED) is 0.618. The third-order valence-electron chi connectivity index (χ3n) is 2.29. The molecule has 5 nitrogen and oxygen atoms in total. The van der Waals surface area contributed by atoms with Crippen molar-refractivity contribution in [2.24, 2.45) is 0 Å². The number of rotatable bonds is 6. The second-order valence-corrected chi connectivity index (χ2v) is 4.53. The summed E-state index contributed by atoms with van der Waals surface area (Å²) in [4.78, 5) is 23.7. The second kappa shape index (κ2) is 7.73. The van der Waals surface area contributed by atoms with Gasteiger partial charge in [-0.2, -0.15) is 0 Å². The molecule has 1 aromatic rings. The first-order valence-electron chi connectivity index (χ1n) is 5.62. The average molecular weight is 268 g/mol. The molecule has 0 fully saturated rings. The number of likely N-dealkylation sites (N-methyl/N-ethyl adjacent to an activating group) is 1. The molecular formula is C12H18N3O2S+. The van der Waals surface area contributed by atoms with Crippen LogP contribution in [0.2, 0.25) is 0 Å². The van der Waals surface area contributed by atoms with Crippen molar-refractivity contribution in [1.82, 2.24) is 5.32 Å². The summed E-state index contributed by atoms with van der Waals surface area (Å²) in [6.07, 6.45) is 1.98. The Labute approximate surface area is 111 Å². The zero-order valence-corrected chi connectivity index (χ0v) is 11.3. The first kappa shape index (κ1) is 14.5. The Hall–Kier alpha value is -1.53. The molecule has 0 spiro atoms. The van der Waals surface area contributed by atoms with Gasteiger partial charge in [-0.3, -0.25) is 9.59 Å². The van der Waals surface area contributed by atoms with E-state index in [1.54, 1.807) is 24.1 Å². The highest BCUT2D eigenvalue weighted by molar-refractivity contribution is 7.98. The predicted molar refractivity (Wildman–Crippen MR) is 72.6 cm³/mol. The zero-order valence-electron chi connectivity index (χ0n) is 10.5. The summed E-state index contributed by atoms with van der Waals surface area (Å²) in [5, 5.41) is 6.95. The summed E-state index contributed by atoms with van der Waals surface area (Å²) in [6.45, 7) is 0.492. The van der Waals surface area contributed by atoms with Crippen LogP contribution in [0.1, 0.15) is 0 Å². The Morgan fingerprint density at radius 1 is 1.28 bits per heavy atom. The van der Waals surface area contributed by atoms with E-state index in [-0.39, 0.29) is 24.9 Å². The van der Waals surface area contributed by atoms with Gasteiger partial charge in [0.2, 0.25) is 0 Å². The van der Waals surface area contributed by atoms with Crippen LogP contribution in [0.3, 0.4) is 0 Å². The third-order valence-corrected chi connectivity index (χ3v) is 3.02. The number of carbonyl (C=O) groups excluding carboxylic acids is 2. The van der Waals surface area contributed by atoms with Crippen LogP contribution in [-0.4, -0.2) is 38.2 Å². The molecule has 0 radical (unpaired) electrons. The van der Waals surface area contributed by atoms with Gasteiger partial charge in [0, 0.05) is 17.6 Å². The number of hydrogen-bond donors (Lipinski definition) is 3. The molecule has 18 heavy (non-hydrogen) atoms. The van der Waals surface area contributed by atoms with Crippen LogP contribution in [0, 0.1) is 0 Å². The van der Waals surface area contributed by atoms with Crippen LogP contribution < -0.4 is 16.0 Å². The smallest absolute Gasteiger partial charge is 0.279 e. The number of thioether (sulfide) groups is 1. The molecule has 98 valence electrons. The van der Waals surface area contributed by atoms with E-state index in [1.165, 1.54) is 0 Å². The number of nitrogens with two attached hydrogens (primary N) is 1. The molecule has 4 N–H and O–H groups in total. The maximum absolute atomic E-state index is 11.6. The van der Waals surface area contributed by atoms with Crippen molar-refractivity contribution in [2.45, 2.75) is 4.90 Å². The van der Waals surface area contributed by atoms with Gasteiger partial charge >= 0.3 is 0 Å². The van der Waals surface area contributed by atoms with Gasteiger partial charge in [0.1, 0.15) is 0 Å². The fourth-order valence-electron chi connectivity index (χ4n) is 1.35. The maximum atomic E-state index is 11.6. The van der Waals surface area contributed by atoms with Crippen molar-refractivity contribution in [3.05, 3.63) is 24.3 Å². The normalized spacial score (nSPS) is 9.89. The summed E-state index contributed by atoms with van der Waals surface area (Å²) < 4.78 is 0. The van der Waals surface area contributed by atoms with Gasteiger partial charge in [-0.1, -0.05) is 6.07 Å². The summed E-state index contributed by atoms with van der Waals surface area (Å²) in [5.41, 5.74) is 0.778. The van der Waals surface area contributed by atoms with E-state index in [9.17, 15) is 9.59 Å². The predicted octanol–water partition coefficient (Wildman–Crippen LogP) is -0.344. The fraction of sp³-hybridized carbons (Fsp3) is 0.333. The highest BCUT2D eigenvalue weighted by atomic mass is 32.2. The van der Waals surface area contributed by atoms with Crippen molar-refractivity contribution < 1.29 is 14.9 Å². The average Bonchev–Trinajstić information content (AvgIpc) is 2.38. The van der Waals surface area contributed by atoms with Gasteiger partial charge in [0.25, 0.3) is 11.8 Å². The van der Waals surface area contributed by atoms with Crippen LogP contribution in [0.5, 0.6) is 0 Å². The van der Waals surface area contributed by atoms with Crippen molar-refractivity contribution in [2.75, 3.05) is 31.7 Å². The molecule has 2 amide bonds. The van der Waals surface area contributed by atoms with E-state index in [0.29, 0.717) is 0 Å². The molecular weight excluding hydrogens is 250 g/mol. The number of benzene rings is 1. The van der Waals surface area contributed by atoms with Gasteiger partial charge in [-0.25, -0.2) is 0 Å². The number of quaternary nitrogens is 1. The topological polar surface area (TPSA) is 74.8 Å². The first-order valence-corrected chi connectivity index (χ1v) is 6.84. The molecule has 0 saturated heterocycles. The summed E-state index contributed by atoms with van der Waals surface area (Å²) in [6, 6.07) is 7.64. The molecule has 0 heterocycles. The lowest BCUT2D eigenvalue weighted by atomic mass is 10.3. The Bertz CT molecular complexity index is 424. The van der Waals surface area contributed by atoms with Gasteiger partial charge in [0.15, 0.2) is 13.1 Å². The van der Waals surface area contributed by atoms with Crippen LogP contribution in [0.4, 0.5) is 5.69 Å². The minimum absolute atomic E-state index is 0.0906. The van der Waals surface area contributed by atoms with Crippen LogP contribution >= 0.6 is 11.8 Å². The zero-order chi connectivity index (χ0) is 13.4. The first-order chi connectivity index (χ1) is 8.65. The van der Waals surface area contributed by atoms with Crippen LogP contribution in [-0.2, 0) is 9.59 Å². The van der Waals surface area contributed by atoms with Crippen LogP contribution in [0.15, 0.2) is 29.2 Å². The Morgan fingerprint density at radius 2 is 2.00 bits per heavy atom. The highest BCUT2D eigenvalue weighted by Gasteiger charge is 2.06. The Kier molecular flexibility index (Phi) is 6.24. The number of carbonyl (C=O) groups is 2. The van der Waals surface area contributed by atoms with E-state index < -0.39 is 0 Å². The van der Waals surface area contributed by atoms with Gasteiger partial charge < -0.3 is 16.0 Å². The Balaban J connectivity index is 2.37. The van der Waals surface area contributed by atoms with Crippen molar-refractivity contribution in [3.8, 4) is 0 Å². The standard InChI is InChI=1S/C12H17N3O2S/c1-13-11(16)7-14-8-12(17)15-9-4-3-5-10(6-9)18-2/h3-6,14H,7-8H2,1-2H3,(H,13,16)(H,15,17)/p+1. The molecule has 0 unspecified atom stereocenters. The molecule has 0 aliphatic rings. The number of amides is 2. The Morgan fingerprint density at radius 3 is 2.67 bits per heavy atom. The summed E-state index contributed by atoms with van der Waals surface area (Å²) in [7, 11) is 1.57. The van der Waals surface area contributed by atoms with Gasteiger partial charge in [-0.15, -0.1) is 11.8 Å². The van der Waals surface area contributed by atoms with E-state index in [0.717, 1.165) is 10.6 Å². The van der Waals surface area contributed by atoms with Crippen molar-refractivity contribution >= 4 is 29.3 Å². The lowest BCUT2D eigenvalue weighted by Crippen LogP contribution is -2.88. The van der Waals surface area contributed by atoms with Crippen molar-refractivity contribution in [1.29, 1.82) is 0 Å². The molecule has 1 rings (SSSR count). The molecule has 0 atom stereocenters. The lowest BCUT2D eigenvalue weighted by molar-refractivity contribution is -0.632. The highest BCUT2D eigenvalue weighted by Crippen LogP contribution is 2.18. The number of hydrogen-bond acceptors (Lipinski definition) is 3. The molecule has 0 aliphatic carbocycles. The van der Waals surface area contributed by atoms with E-state index in [4.69, 9.17) is 0 Å². The molecule has 0 aromatic heterocycles. The minimum atomic E-state index is -0.114. The molecule has 0 bridgehead atoms. The number of anilines is 1. The molecule has 0 saturated carbocycles. The largest absolute Gasteiger partial charge is 0.354 e. The van der Waals surface area contributed by atoms with Crippen LogP contribution in [0.25, 0.3) is 0 Å². The molecule has 0 aliphatic heterocycles. The van der Waals surface area contributed by atoms with Gasteiger partial charge in [-0.05, 0) is 24.5 Å². The van der Waals surface area contributed by atoms with E-state index >= 15 is 0 Å². The summed E-state index contributed by atoms with van der Waals surface area (Å²) in [5.74, 6) is -0.204. The number of nitrogens with one attached hydrogen (secondary N) is 2. The van der Waals surface area contributed by atoms with Crippen molar-refractivity contribution in [3.63, 3.8) is 0 Å². The molecule has 1 aromatic carbocycles. The summed E-state index contributed by atoms with van der Waals surface area (Å²) >= 11 is 1.62. The fourth-order valence-corrected chi connectivity index (χ4v) is 1.81. The third kappa shape index (κ3) is 5.20. The van der Waals surface area contributed by atoms with Gasteiger partial charge in [0.05, 0.1) is 0 Å². The van der Waals surface area contributed by atoms with E-state index in [1.807, 2.05) is 30.5 Å².